The topological polar surface area (TPSA) is 78.9 Å². The van der Waals surface area contributed by atoms with E-state index in [1.54, 1.807) is 0 Å². The standard InChI is InChI=1S/C45H68N2O4/c1-29(2)33-15-22-45(46-25-28-47-26-18-31(19-27-47)39(48)49)24-23-43(6)35(38(33)45)13-14-37-42(5)20-16-34(30-9-11-32(12-10-30)40(50)51-8)41(3,4)36(42)17-21-44(37,43)7/h9-12,16,29,31,33,35-38,46H,13-15,17-28H2,1-8H3,(H,48,49)/t33-,35+,36-,37+,38+,42-,43+,44+,45-/m0/s1. The number of nitrogens with zero attached hydrogens (tertiary/aromatic N) is 1. The van der Waals surface area contributed by atoms with Gasteiger partial charge >= 0.3 is 11.9 Å². The Balaban J connectivity index is 1.12. The fraction of sp³-hybridized carbons (Fsp3) is 0.778. The number of nitrogens with one attached hydrogen (secondary N) is 1. The lowest BCUT2D eigenvalue weighted by Crippen LogP contribution is -2.68. The summed E-state index contributed by atoms with van der Waals surface area (Å²) in [5.74, 6) is 3.28. The van der Waals surface area contributed by atoms with Gasteiger partial charge < -0.3 is 20.1 Å². The van der Waals surface area contributed by atoms with E-state index in [0.29, 0.717) is 28.2 Å². The lowest BCUT2D eigenvalue weighted by atomic mass is 9.33. The first-order valence-corrected chi connectivity index (χ1v) is 20.7. The molecule has 5 fully saturated rings. The van der Waals surface area contributed by atoms with Gasteiger partial charge in [-0.15, -0.1) is 0 Å². The molecule has 6 heteroatoms. The first-order chi connectivity index (χ1) is 24.1. The van der Waals surface area contributed by atoms with Crippen molar-refractivity contribution in [2.24, 2.45) is 63.1 Å². The van der Waals surface area contributed by atoms with Crippen LogP contribution in [0.3, 0.4) is 0 Å². The average Bonchev–Trinajstić information content (AvgIpc) is 3.48. The Morgan fingerprint density at radius 2 is 1.59 bits per heavy atom. The van der Waals surface area contributed by atoms with Gasteiger partial charge in [0, 0.05) is 18.6 Å². The summed E-state index contributed by atoms with van der Waals surface area (Å²) in [6, 6.07) is 8.14. The van der Waals surface area contributed by atoms with Crippen LogP contribution < -0.4 is 5.32 Å². The lowest BCUT2D eigenvalue weighted by molar-refractivity contribution is -0.221. The van der Waals surface area contributed by atoms with Crippen molar-refractivity contribution in [3.05, 3.63) is 41.5 Å². The highest BCUT2D eigenvalue weighted by atomic mass is 16.5. The molecule has 6 nitrogen and oxygen atoms in total. The summed E-state index contributed by atoms with van der Waals surface area (Å²) in [5.41, 5.74) is 4.57. The highest BCUT2D eigenvalue weighted by molar-refractivity contribution is 5.90. The monoisotopic (exact) mass is 701 g/mol. The molecular formula is C45H68N2O4. The maximum atomic E-state index is 12.2. The molecule has 0 unspecified atom stereocenters. The number of hydrogen-bond donors (Lipinski definition) is 2. The van der Waals surface area contributed by atoms with Crippen LogP contribution in [0.15, 0.2) is 30.3 Å². The number of likely N-dealkylation sites (tertiary alicyclic amines) is 1. The molecule has 2 N–H and O–H groups in total. The first-order valence-electron chi connectivity index (χ1n) is 20.7. The molecule has 7 rings (SSSR count). The van der Waals surface area contributed by atoms with E-state index in [-0.39, 0.29) is 28.3 Å². The number of rotatable bonds is 8. The second-order valence-electron chi connectivity index (χ2n) is 19.8. The van der Waals surface area contributed by atoms with Crippen LogP contribution in [-0.2, 0) is 9.53 Å². The average molecular weight is 701 g/mol. The van der Waals surface area contributed by atoms with Gasteiger partial charge in [-0.3, -0.25) is 4.79 Å². The van der Waals surface area contributed by atoms with E-state index in [9.17, 15) is 14.7 Å². The summed E-state index contributed by atoms with van der Waals surface area (Å²) in [6.07, 6.45) is 16.0. The number of fused-ring (bicyclic) bond motifs is 7. The van der Waals surface area contributed by atoms with Gasteiger partial charge in [-0.05, 0) is 164 Å². The second-order valence-corrected chi connectivity index (χ2v) is 19.8. The quantitative estimate of drug-likeness (QED) is 0.263. The maximum absolute atomic E-state index is 12.2. The molecule has 1 heterocycles. The van der Waals surface area contributed by atoms with E-state index in [4.69, 9.17) is 4.74 Å². The number of esters is 1. The van der Waals surface area contributed by atoms with Crippen molar-refractivity contribution >= 4 is 17.5 Å². The number of carboxylic acid groups (broad SMARTS) is 1. The fourth-order valence-corrected chi connectivity index (χ4v) is 14.6. The molecule has 1 saturated heterocycles. The molecule has 6 aliphatic rings. The van der Waals surface area contributed by atoms with Crippen LogP contribution in [0, 0.1) is 63.1 Å². The van der Waals surface area contributed by atoms with Crippen molar-refractivity contribution in [3.8, 4) is 0 Å². The van der Waals surface area contributed by atoms with E-state index in [1.165, 1.54) is 69.6 Å². The van der Waals surface area contributed by atoms with Crippen molar-refractivity contribution in [1.29, 1.82) is 0 Å². The second kappa shape index (κ2) is 13.3. The van der Waals surface area contributed by atoms with Crippen molar-refractivity contribution in [2.45, 2.75) is 125 Å². The van der Waals surface area contributed by atoms with Crippen molar-refractivity contribution < 1.29 is 19.4 Å². The Kier molecular flexibility index (Phi) is 9.68. The van der Waals surface area contributed by atoms with Gasteiger partial charge in [0.2, 0.25) is 0 Å². The van der Waals surface area contributed by atoms with Gasteiger partial charge in [0.05, 0.1) is 18.6 Å². The first kappa shape index (κ1) is 37.1. The predicted octanol–water partition coefficient (Wildman–Crippen LogP) is 9.34. The molecule has 4 saturated carbocycles. The zero-order valence-electron chi connectivity index (χ0n) is 33.2. The van der Waals surface area contributed by atoms with Gasteiger partial charge in [-0.1, -0.05) is 66.7 Å². The molecular weight excluding hydrogens is 633 g/mol. The van der Waals surface area contributed by atoms with Gasteiger partial charge in [-0.2, -0.15) is 0 Å². The number of ether oxygens (including phenoxy) is 1. The number of allylic oxidation sites excluding steroid dienone is 2. The Labute approximate surface area is 308 Å². The van der Waals surface area contributed by atoms with E-state index >= 15 is 0 Å². The van der Waals surface area contributed by atoms with Crippen LogP contribution in [0.2, 0.25) is 0 Å². The summed E-state index contributed by atoms with van der Waals surface area (Å²) in [4.78, 5) is 26.2. The van der Waals surface area contributed by atoms with Crippen LogP contribution in [0.1, 0.15) is 135 Å². The maximum Gasteiger partial charge on any atom is 0.337 e. The summed E-state index contributed by atoms with van der Waals surface area (Å²) < 4.78 is 4.97. The Morgan fingerprint density at radius 3 is 2.24 bits per heavy atom. The number of carboxylic acids is 1. The summed E-state index contributed by atoms with van der Waals surface area (Å²) in [7, 11) is 1.45. The summed E-state index contributed by atoms with van der Waals surface area (Å²) in [6.45, 7) is 22.1. The molecule has 5 aliphatic carbocycles. The van der Waals surface area contributed by atoms with Gasteiger partial charge in [0.15, 0.2) is 0 Å². The number of methoxy groups -OCH3 is 1. The minimum Gasteiger partial charge on any atom is -0.481 e. The molecule has 51 heavy (non-hydrogen) atoms. The normalized spacial score (nSPS) is 40.8. The molecule has 1 aromatic rings. The van der Waals surface area contributed by atoms with Crippen molar-refractivity contribution in [2.75, 3.05) is 33.3 Å². The highest BCUT2D eigenvalue weighted by Gasteiger charge is 2.70. The third-order valence-electron chi connectivity index (χ3n) is 17.4. The highest BCUT2D eigenvalue weighted by Crippen LogP contribution is 2.76. The number of carbonyl (C=O) groups is 2. The largest absolute Gasteiger partial charge is 0.481 e. The molecule has 1 aromatic carbocycles. The van der Waals surface area contributed by atoms with Gasteiger partial charge in [-0.25, -0.2) is 4.79 Å². The van der Waals surface area contributed by atoms with Gasteiger partial charge in [0.25, 0.3) is 0 Å². The fourth-order valence-electron chi connectivity index (χ4n) is 14.6. The smallest absolute Gasteiger partial charge is 0.337 e. The Bertz CT molecular complexity index is 1510. The molecule has 0 spiro atoms. The minimum atomic E-state index is -0.617. The zero-order valence-corrected chi connectivity index (χ0v) is 33.2. The molecule has 0 amide bonds. The lowest BCUT2D eigenvalue weighted by Gasteiger charge is -2.72. The number of aliphatic carboxylic acids is 1. The number of carbonyl (C=O) groups excluding carboxylic acids is 1. The van der Waals surface area contributed by atoms with E-state index in [1.807, 2.05) is 12.1 Å². The third-order valence-corrected chi connectivity index (χ3v) is 17.4. The van der Waals surface area contributed by atoms with Crippen LogP contribution in [-0.4, -0.2) is 60.8 Å². The Morgan fingerprint density at radius 1 is 0.882 bits per heavy atom. The third kappa shape index (κ3) is 5.78. The van der Waals surface area contributed by atoms with E-state index < -0.39 is 5.97 Å². The molecule has 0 aromatic heterocycles. The number of hydrogen-bond acceptors (Lipinski definition) is 5. The number of benzene rings is 1. The van der Waals surface area contributed by atoms with Crippen molar-refractivity contribution in [1.82, 2.24) is 10.2 Å². The molecule has 9 atom stereocenters. The molecule has 282 valence electrons. The van der Waals surface area contributed by atoms with E-state index in [2.05, 4.69) is 76.9 Å². The van der Waals surface area contributed by atoms with Gasteiger partial charge in [0.1, 0.15) is 0 Å². The zero-order chi connectivity index (χ0) is 36.6. The Hall–Kier alpha value is -2.18. The predicted molar refractivity (Wildman–Crippen MR) is 205 cm³/mol. The summed E-state index contributed by atoms with van der Waals surface area (Å²) >= 11 is 0. The molecule has 0 radical (unpaired) electrons. The van der Waals surface area contributed by atoms with Crippen LogP contribution >= 0.6 is 0 Å². The number of piperidine rings is 1. The van der Waals surface area contributed by atoms with Crippen molar-refractivity contribution in [3.63, 3.8) is 0 Å². The van der Waals surface area contributed by atoms with E-state index in [0.717, 1.165) is 69.1 Å². The SMILES string of the molecule is COC(=O)c1ccc(C2=CC[C@]3(C)[C@H]4CC[C@@H]5[C@H]6[C@H](C(C)C)CC[C@]6(NCCN6CCC(C(=O)O)CC6)CC[C@@]5(C)[C@]4(C)CC[C@H]3C2(C)C)cc1. The molecule has 0 bridgehead atoms. The van der Waals surface area contributed by atoms with Crippen LogP contribution in [0.25, 0.3) is 5.57 Å². The molecule has 1 aliphatic heterocycles. The van der Waals surface area contributed by atoms with Crippen LogP contribution in [0.4, 0.5) is 0 Å². The summed E-state index contributed by atoms with van der Waals surface area (Å²) in [5, 5.41) is 13.8. The minimum absolute atomic E-state index is 0.0571. The van der Waals surface area contributed by atoms with Crippen LogP contribution in [0.5, 0.6) is 0 Å².